The molecule has 0 atom stereocenters. The second-order valence-electron chi connectivity index (χ2n) is 7.62. The smallest absolute Gasteiger partial charge is 0.270 e. The summed E-state index contributed by atoms with van der Waals surface area (Å²) in [6.45, 7) is 1.16. The van der Waals surface area contributed by atoms with E-state index in [0.717, 1.165) is 11.0 Å². The van der Waals surface area contributed by atoms with Gasteiger partial charge in [0.1, 0.15) is 0 Å². The van der Waals surface area contributed by atoms with Gasteiger partial charge in [-0.25, -0.2) is 13.1 Å². The summed E-state index contributed by atoms with van der Waals surface area (Å²) < 4.78 is 32.4. The number of hydrogen-bond acceptors (Lipinski definition) is 9. The third kappa shape index (κ3) is 4.61. The van der Waals surface area contributed by atoms with E-state index in [1.807, 2.05) is 4.72 Å². The van der Waals surface area contributed by atoms with Gasteiger partial charge in [0.15, 0.2) is 0 Å². The molecule has 0 aromatic heterocycles. The number of anilines is 1. The normalized spacial score (nSPS) is 15.9. The van der Waals surface area contributed by atoms with E-state index in [9.17, 15) is 32.9 Å². The van der Waals surface area contributed by atoms with Crippen LogP contribution < -0.4 is 9.62 Å². The first kappa shape index (κ1) is 23.3. The van der Waals surface area contributed by atoms with E-state index in [0.29, 0.717) is 32.0 Å². The Balaban J connectivity index is 1.50. The highest BCUT2D eigenvalue weighted by Crippen LogP contribution is 2.27. The summed E-state index contributed by atoms with van der Waals surface area (Å²) in [4.78, 5) is 50.8. The summed E-state index contributed by atoms with van der Waals surface area (Å²) in [5.41, 5.74) is 0.147. The zero-order valence-corrected chi connectivity index (χ0v) is 18.6. The van der Waals surface area contributed by atoms with E-state index in [-0.39, 0.29) is 22.4 Å². The van der Waals surface area contributed by atoms with E-state index in [2.05, 4.69) is 0 Å². The van der Waals surface area contributed by atoms with Gasteiger partial charge in [-0.2, -0.15) is 0 Å². The van der Waals surface area contributed by atoms with Crippen LogP contribution in [-0.2, 0) is 14.8 Å². The SMILES string of the molecule is O=C(NS(=O)(=O)CCN1C(=O)c2ccccc2C1=O)c1cc([N+](=O)[O-])ccc1N1CCOCC1. The van der Waals surface area contributed by atoms with Gasteiger partial charge in [-0.1, -0.05) is 12.1 Å². The Morgan fingerprint density at radius 2 is 1.68 bits per heavy atom. The number of hydrogen-bond donors (Lipinski definition) is 1. The fourth-order valence-electron chi connectivity index (χ4n) is 3.80. The average molecular weight is 488 g/mol. The predicted octanol–water partition coefficient (Wildman–Crippen LogP) is 0.787. The number of nitro benzene ring substituents is 1. The highest BCUT2D eigenvalue weighted by atomic mass is 32.2. The standard InChI is InChI=1S/C21H20N4O8S/c26-19(17-13-14(25(29)30)5-6-18(17)23-7-10-33-11-8-23)22-34(31,32)12-9-24-20(27)15-3-1-2-4-16(15)21(24)28/h1-6,13H,7-12H2,(H,22,26). The number of carbonyl (C=O) groups excluding carboxylic acids is 3. The number of non-ortho nitro benzene ring substituents is 1. The maximum absolute atomic E-state index is 12.9. The van der Waals surface area contributed by atoms with Crippen LogP contribution >= 0.6 is 0 Å². The number of imide groups is 1. The molecule has 0 radical (unpaired) electrons. The summed E-state index contributed by atoms with van der Waals surface area (Å²) in [6.07, 6.45) is 0. The lowest BCUT2D eigenvalue weighted by molar-refractivity contribution is -0.384. The van der Waals surface area contributed by atoms with Crippen molar-refractivity contribution < 1.29 is 32.5 Å². The van der Waals surface area contributed by atoms with Crippen molar-refractivity contribution in [3.63, 3.8) is 0 Å². The van der Waals surface area contributed by atoms with Crippen molar-refractivity contribution in [2.24, 2.45) is 0 Å². The Kier molecular flexibility index (Phi) is 6.30. The van der Waals surface area contributed by atoms with Crippen molar-refractivity contribution in [3.8, 4) is 0 Å². The molecule has 2 aliphatic rings. The van der Waals surface area contributed by atoms with Crippen molar-refractivity contribution in [1.82, 2.24) is 9.62 Å². The third-order valence-corrected chi connectivity index (χ3v) is 6.71. The number of nitro groups is 1. The number of nitrogens with zero attached hydrogens (tertiary/aromatic N) is 3. The quantitative estimate of drug-likeness (QED) is 0.338. The number of sulfonamides is 1. The molecule has 2 aromatic rings. The second kappa shape index (κ2) is 9.19. The molecule has 0 unspecified atom stereocenters. The third-order valence-electron chi connectivity index (χ3n) is 5.50. The Labute approximate surface area is 194 Å². The lowest BCUT2D eigenvalue weighted by Crippen LogP contribution is -2.41. The Morgan fingerprint density at radius 1 is 1.06 bits per heavy atom. The van der Waals surface area contributed by atoms with Crippen LogP contribution in [0.15, 0.2) is 42.5 Å². The van der Waals surface area contributed by atoms with Crippen LogP contribution in [0.5, 0.6) is 0 Å². The van der Waals surface area contributed by atoms with Crippen LogP contribution in [0.2, 0.25) is 0 Å². The molecule has 3 amide bonds. The molecule has 13 heteroatoms. The summed E-state index contributed by atoms with van der Waals surface area (Å²) >= 11 is 0. The molecule has 2 heterocycles. The molecular weight excluding hydrogens is 468 g/mol. The molecule has 2 aliphatic heterocycles. The molecule has 0 spiro atoms. The molecule has 1 fully saturated rings. The zero-order chi connectivity index (χ0) is 24.5. The predicted molar refractivity (Wildman–Crippen MR) is 119 cm³/mol. The number of carbonyl (C=O) groups is 3. The summed E-state index contributed by atoms with van der Waals surface area (Å²) in [7, 11) is -4.29. The monoisotopic (exact) mass is 488 g/mol. The molecule has 2 aromatic carbocycles. The zero-order valence-electron chi connectivity index (χ0n) is 17.8. The number of rotatable bonds is 7. The number of amides is 3. The number of fused-ring (bicyclic) bond motifs is 1. The van der Waals surface area contributed by atoms with E-state index in [1.165, 1.54) is 24.3 Å². The molecule has 34 heavy (non-hydrogen) atoms. The molecule has 0 saturated carbocycles. The average Bonchev–Trinajstić information content (AvgIpc) is 3.07. The van der Waals surface area contributed by atoms with Gasteiger partial charge in [-0.15, -0.1) is 0 Å². The largest absolute Gasteiger partial charge is 0.378 e. The lowest BCUT2D eigenvalue weighted by Gasteiger charge is -2.30. The van der Waals surface area contributed by atoms with Gasteiger partial charge in [0.05, 0.1) is 46.3 Å². The first-order valence-electron chi connectivity index (χ1n) is 10.3. The van der Waals surface area contributed by atoms with Crippen LogP contribution in [0.25, 0.3) is 0 Å². The van der Waals surface area contributed by atoms with E-state index < -0.39 is 45.0 Å². The topological polar surface area (TPSA) is 156 Å². The molecule has 178 valence electrons. The molecule has 4 rings (SSSR count). The van der Waals surface area contributed by atoms with Crippen LogP contribution in [0, 0.1) is 10.1 Å². The Morgan fingerprint density at radius 3 is 2.26 bits per heavy atom. The molecular formula is C21H20N4O8S. The van der Waals surface area contributed by atoms with Crippen molar-refractivity contribution in [2.75, 3.05) is 43.5 Å². The van der Waals surface area contributed by atoms with Crippen LogP contribution in [0.3, 0.4) is 0 Å². The minimum Gasteiger partial charge on any atom is -0.378 e. The number of ether oxygens (including phenoxy) is 1. The van der Waals surface area contributed by atoms with E-state index in [4.69, 9.17) is 4.74 Å². The van der Waals surface area contributed by atoms with E-state index in [1.54, 1.807) is 17.0 Å². The fourth-order valence-corrected chi connectivity index (χ4v) is 4.72. The number of nitrogens with one attached hydrogen (secondary N) is 1. The molecule has 0 aliphatic carbocycles. The van der Waals surface area contributed by atoms with Crippen LogP contribution in [0.4, 0.5) is 11.4 Å². The molecule has 1 N–H and O–H groups in total. The van der Waals surface area contributed by atoms with Crippen molar-refractivity contribution >= 4 is 39.1 Å². The molecule has 0 bridgehead atoms. The first-order valence-corrected chi connectivity index (χ1v) is 11.9. The van der Waals surface area contributed by atoms with E-state index >= 15 is 0 Å². The molecule has 12 nitrogen and oxygen atoms in total. The van der Waals surface area contributed by atoms with Gasteiger partial charge < -0.3 is 9.64 Å². The van der Waals surface area contributed by atoms with Gasteiger partial charge in [-0.3, -0.25) is 29.4 Å². The van der Waals surface area contributed by atoms with Gasteiger partial charge >= 0.3 is 0 Å². The second-order valence-corrected chi connectivity index (χ2v) is 9.46. The van der Waals surface area contributed by atoms with Gasteiger partial charge in [-0.05, 0) is 18.2 Å². The summed E-state index contributed by atoms with van der Waals surface area (Å²) in [5.74, 6) is -3.00. The van der Waals surface area contributed by atoms with Crippen molar-refractivity contribution in [1.29, 1.82) is 0 Å². The highest BCUT2D eigenvalue weighted by Gasteiger charge is 2.36. The van der Waals surface area contributed by atoms with Gasteiger partial charge in [0.2, 0.25) is 10.0 Å². The molecule has 1 saturated heterocycles. The summed E-state index contributed by atoms with van der Waals surface area (Å²) in [6, 6.07) is 9.77. The fraction of sp³-hybridized carbons (Fsp3) is 0.286. The minimum atomic E-state index is -4.29. The maximum Gasteiger partial charge on any atom is 0.270 e. The lowest BCUT2D eigenvalue weighted by atomic mass is 10.1. The number of benzene rings is 2. The Bertz CT molecular complexity index is 1250. The van der Waals surface area contributed by atoms with Gasteiger partial charge in [0, 0.05) is 31.8 Å². The van der Waals surface area contributed by atoms with Crippen molar-refractivity contribution in [2.45, 2.75) is 0 Å². The van der Waals surface area contributed by atoms with Crippen LogP contribution in [-0.4, -0.2) is 74.6 Å². The van der Waals surface area contributed by atoms with Gasteiger partial charge in [0.25, 0.3) is 23.4 Å². The van der Waals surface area contributed by atoms with Crippen molar-refractivity contribution in [3.05, 3.63) is 69.3 Å². The van der Waals surface area contributed by atoms with Crippen LogP contribution in [0.1, 0.15) is 31.1 Å². The Hall–Kier alpha value is -3.84. The highest BCUT2D eigenvalue weighted by molar-refractivity contribution is 7.90. The number of morpholine rings is 1. The minimum absolute atomic E-state index is 0.180. The first-order chi connectivity index (χ1) is 16.2. The summed E-state index contributed by atoms with van der Waals surface area (Å²) in [5, 5.41) is 11.2. The maximum atomic E-state index is 12.9.